The standard InChI is InChI=1S/C17H18N2O/c1-17(2)14-6-4-3-5-13(14)15(19-16(17)20)11-7-9-12(18)10-8-11/h3-10,15H,18H2,1-2H3,(H,19,20)/t15-/m0/s1. The Bertz CT molecular complexity index is 659. The number of hydrogen-bond donors (Lipinski definition) is 2. The Kier molecular flexibility index (Phi) is 2.78. The van der Waals surface area contributed by atoms with Gasteiger partial charge in [-0.05, 0) is 42.7 Å². The molecular formula is C17H18N2O. The first-order valence-electron chi connectivity index (χ1n) is 6.76. The van der Waals surface area contributed by atoms with Gasteiger partial charge in [0.05, 0.1) is 11.5 Å². The number of carbonyl (C=O) groups is 1. The van der Waals surface area contributed by atoms with Gasteiger partial charge in [-0.25, -0.2) is 0 Å². The number of carbonyl (C=O) groups excluding carboxylic acids is 1. The van der Waals surface area contributed by atoms with Crippen molar-refractivity contribution in [2.24, 2.45) is 0 Å². The third kappa shape index (κ3) is 1.86. The topological polar surface area (TPSA) is 55.1 Å². The summed E-state index contributed by atoms with van der Waals surface area (Å²) >= 11 is 0. The Morgan fingerprint density at radius 2 is 1.70 bits per heavy atom. The molecule has 1 aliphatic heterocycles. The van der Waals surface area contributed by atoms with Crippen molar-refractivity contribution < 1.29 is 4.79 Å². The van der Waals surface area contributed by atoms with Gasteiger partial charge >= 0.3 is 0 Å². The maximum Gasteiger partial charge on any atom is 0.230 e. The first-order valence-corrected chi connectivity index (χ1v) is 6.76. The Balaban J connectivity index is 2.14. The summed E-state index contributed by atoms with van der Waals surface area (Å²) in [5.74, 6) is 0.0537. The monoisotopic (exact) mass is 266 g/mol. The molecule has 0 aromatic heterocycles. The lowest BCUT2D eigenvalue weighted by Crippen LogP contribution is -2.47. The van der Waals surface area contributed by atoms with Gasteiger partial charge in [-0.2, -0.15) is 0 Å². The molecule has 2 aromatic carbocycles. The fourth-order valence-electron chi connectivity index (χ4n) is 2.78. The Morgan fingerprint density at radius 1 is 1.05 bits per heavy atom. The normalized spacial score (nSPS) is 20.1. The summed E-state index contributed by atoms with van der Waals surface area (Å²) in [5, 5.41) is 3.12. The zero-order valence-electron chi connectivity index (χ0n) is 11.7. The van der Waals surface area contributed by atoms with Gasteiger partial charge in [0, 0.05) is 5.69 Å². The number of nitrogens with one attached hydrogen (secondary N) is 1. The molecule has 1 atom stereocenters. The van der Waals surface area contributed by atoms with E-state index in [1.807, 2.05) is 56.3 Å². The average molecular weight is 266 g/mol. The number of rotatable bonds is 1. The highest BCUT2D eigenvalue weighted by atomic mass is 16.2. The van der Waals surface area contributed by atoms with E-state index in [9.17, 15) is 4.79 Å². The van der Waals surface area contributed by atoms with Crippen molar-refractivity contribution in [3.8, 4) is 0 Å². The summed E-state index contributed by atoms with van der Waals surface area (Å²) in [6.07, 6.45) is 0. The van der Waals surface area contributed by atoms with Crippen molar-refractivity contribution in [2.75, 3.05) is 5.73 Å². The van der Waals surface area contributed by atoms with Crippen LogP contribution in [0, 0.1) is 0 Å². The molecule has 2 aromatic rings. The van der Waals surface area contributed by atoms with Crippen molar-refractivity contribution in [2.45, 2.75) is 25.3 Å². The van der Waals surface area contributed by atoms with Crippen molar-refractivity contribution in [1.29, 1.82) is 0 Å². The lowest BCUT2D eigenvalue weighted by atomic mass is 9.75. The second-order valence-corrected chi connectivity index (χ2v) is 5.79. The highest BCUT2D eigenvalue weighted by Gasteiger charge is 2.39. The van der Waals surface area contributed by atoms with Crippen LogP contribution < -0.4 is 11.1 Å². The van der Waals surface area contributed by atoms with Gasteiger partial charge in [-0.15, -0.1) is 0 Å². The number of nitrogens with two attached hydrogens (primary N) is 1. The second kappa shape index (κ2) is 4.37. The maximum atomic E-state index is 12.4. The summed E-state index contributed by atoms with van der Waals surface area (Å²) in [5.41, 5.74) is 9.26. The molecule has 1 heterocycles. The smallest absolute Gasteiger partial charge is 0.230 e. The number of amides is 1. The van der Waals surface area contributed by atoms with Crippen LogP contribution in [-0.2, 0) is 10.2 Å². The molecule has 1 amide bonds. The van der Waals surface area contributed by atoms with E-state index in [0.717, 1.165) is 22.4 Å². The van der Waals surface area contributed by atoms with E-state index in [1.54, 1.807) is 0 Å². The molecule has 0 spiro atoms. The zero-order valence-corrected chi connectivity index (χ0v) is 11.7. The SMILES string of the molecule is CC1(C)C(=O)N[C@@H](c2ccc(N)cc2)c2ccccc21. The van der Waals surface area contributed by atoms with Gasteiger partial charge in [0.1, 0.15) is 0 Å². The average Bonchev–Trinajstić information content (AvgIpc) is 2.44. The van der Waals surface area contributed by atoms with Crippen molar-refractivity contribution in [3.05, 3.63) is 65.2 Å². The van der Waals surface area contributed by atoms with E-state index in [2.05, 4.69) is 11.4 Å². The van der Waals surface area contributed by atoms with Gasteiger partial charge in [0.2, 0.25) is 5.91 Å². The second-order valence-electron chi connectivity index (χ2n) is 5.79. The zero-order chi connectivity index (χ0) is 14.3. The van der Waals surface area contributed by atoms with Crippen molar-refractivity contribution in [3.63, 3.8) is 0 Å². The predicted molar refractivity (Wildman–Crippen MR) is 80.3 cm³/mol. The number of fused-ring (bicyclic) bond motifs is 1. The summed E-state index contributed by atoms with van der Waals surface area (Å²) in [4.78, 5) is 12.4. The lowest BCUT2D eigenvalue weighted by molar-refractivity contribution is -0.126. The summed E-state index contributed by atoms with van der Waals surface area (Å²) < 4.78 is 0. The van der Waals surface area contributed by atoms with Gasteiger partial charge in [-0.3, -0.25) is 4.79 Å². The molecule has 20 heavy (non-hydrogen) atoms. The molecule has 0 saturated heterocycles. The fourth-order valence-corrected chi connectivity index (χ4v) is 2.78. The summed E-state index contributed by atoms with van der Waals surface area (Å²) in [6.45, 7) is 3.92. The van der Waals surface area contributed by atoms with Crippen LogP contribution in [0.25, 0.3) is 0 Å². The molecule has 3 N–H and O–H groups in total. The van der Waals surface area contributed by atoms with Crippen LogP contribution in [0.5, 0.6) is 0 Å². The highest BCUT2D eigenvalue weighted by molar-refractivity contribution is 5.90. The molecule has 102 valence electrons. The van der Waals surface area contributed by atoms with Crippen LogP contribution in [-0.4, -0.2) is 5.91 Å². The molecule has 3 nitrogen and oxygen atoms in total. The van der Waals surface area contributed by atoms with Crippen molar-refractivity contribution >= 4 is 11.6 Å². The van der Waals surface area contributed by atoms with E-state index >= 15 is 0 Å². The highest BCUT2D eigenvalue weighted by Crippen LogP contribution is 2.37. The van der Waals surface area contributed by atoms with Gasteiger partial charge in [-0.1, -0.05) is 36.4 Å². The van der Waals surface area contributed by atoms with Crippen LogP contribution in [0.2, 0.25) is 0 Å². The number of anilines is 1. The van der Waals surface area contributed by atoms with Crippen LogP contribution in [0.15, 0.2) is 48.5 Å². The molecule has 0 radical (unpaired) electrons. The van der Waals surface area contributed by atoms with E-state index in [-0.39, 0.29) is 11.9 Å². The minimum absolute atomic E-state index is 0.0537. The Morgan fingerprint density at radius 3 is 2.40 bits per heavy atom. The van der Waals surface area contributed by atoms with Crippen LogP contribution in [0.4, 0.5) is 5.69 Å². The van der Waals surface area contributed by atoms with E-state index in [1.165, 1.54) is 0 Å². The minimum atomic E-state index is -0.499. The lowest BCUT2D eigenvalue weighted by Gasteiger charge is -2.37. The van der Waals surface area contributed by atoms with Gasteiger partial charge in [0.15, 0.2) is 0 Å². The molecule has 3 rings (SSSR count). The molecule has 0 aliphatic carbocycles. The van der Waals surface area contributed by atoms with Crippen LogP contribution in [0.1, 0.15) is 36.6 Å². The largest absolute Gasteiger partial charge is 0.399 e. The third-order valence-corrected chi connectivity index (χ3v) is 4.06. The number of hydrogen-bond acceptors (Lipinski definition) is 2. The van der Waals surface area contributed by atoms with E-state index in [4.69, 9.17) is 5.73 Å². The third-order valence-electron chi connectivity index (χ3n) is 4.06. The quantitative estimate of drug-likeness (QED) is 0.780. The number of nitrogen functional groups attached to an aromatic ring is 1. The minimum Gasteiger partial charge on any atom is -0.399 e. The molecule has 3 heteroatoms. The molecule has 0 fully saturated rings. The molecule has 0 bridgehead atoms. The summed E-state index contributed by atoms with van der Waals surface area (Å²) in [6, 6.07) is 15.7. The Labute approximate surface area is 118 Å². The van der Waals surface area contributed by atoms with Crippen LogP contribution in [0.3, 0.4) is 0 Å². The summed E-state index contributed by atoms with van der Waals surface area (Å²) in [7, 11) is 0. The first-order chi connectivity index (χ1) is 9.50. The van der Waals surface area contributed by atoms with Gasteiger partial charge in [0.25, 0.3) is 0 Å². The molecule has 1 aliphatic rings. The Hall–Kier alpha value is -2.29. The van der Waals surface area contributed by atoms with E-state index < -0.39 is 5.41 Å². The molecular weight excluding hydrogens is 248 g/mol. The number of benzene rings is 2. The van der Waals surface area contributed by atoms with Crippen LogP contribution >= 0.6 is 0 Å². The maximum absolute atomic E-state index is 12.4. The first kappa shape index (κ1) is 12.7. The molecule has 0 saturated carbocycles. The molecule has 0 unspecified atom stereocenters. The predicted octanol–water partition coefficient (Wildman–Crippen LogP) is 2.77. The van der Waals surface area contributed by atoms with E-state index in [0.29, 0.717) is 0 Å². The van der Waals surface area contributed by atoms with Crippen molar-refractivity contribution in [1.82, 2.24) is 5.32 Å². The fraction of sp³-hybridized carbons (Fsp3) is 0.235. The van der Waals surface area contributed by atoms with Gasteiger partial charge < -0.3 is 11.1 Å².